The first-order valence-corrected chi connectivity index (χ1v) is 5.20. The quantitative estimate of drug-likeness (QED) is 0.571. The highest BCUT2D eigenvalue weighted by molar-refractivity contribution is 7.63. The average molecular weight is 223 g/mol. The summed E-state index contributed by atoms with van der Waals surface area (Å²) < 4.78 is 0.434. The first-order valence-electron chi connectivity index (χ1n) is 1.95. The standard InChI is InChI=1S/C4HCl4S/c5-2-1-9(8)4(7)3(2)6/h1H/q+1. The Hall–Kier alpha value is 0.860. The molecule has 0 saturated carbocycles. The first kappa shape index (κ1) is 7.96. The SMILES string of the molecule is Clc1c[s+](Cl)c(Cl)c1Cl. The molecule has 0 N–H and O–H groups in total. The van der Waals surface area contributed by atoms with Gasteiger partial charge in [0.1, 0.15) is 19.7 Å². The highest BCUT2D eigenvalue weighted by atomic mass is 35.7. The van der Waals surface area contributed by atoms with Gasteiger partial charge in [0.2, 0.25) is 10.7 Å². The van der Waals surface area contributed by atoms with E-state index in [2.05, 4.69) is 0 Å². The van der Waals surface area contributed by atoms with Gasteiger partial charge in [0.15, 0.2) is 5.38 Å². The van der Waals surface area contributed by atoms with Gasteiger partial charge in [-0.3, -0.25) is 0 Å². The highest BCUT2D eigenvalue weighted by Gasteiger charge is 2.19. The van der Waals surface area contributed by atoms with Gasteiger partial charge in [-0.15, -0.1) is 0 Å². The molecule has 0 spiro atoms. The predicted octanol–water partition coefficient (Wildman–Crippen LogP) is 4.40. The van der Waals surface area contributed by atoms with Crippen molar-refractivity contribution in [2.24, 2.45) is 0 Å². The van der Waals surface area contributed by atoms with Crippen LogP contribution in [0.2, 0.25) is 14.4 Å². The summed E-state index contributed by atoms with van der Waals surface area (Å²) in [6.07, 6.45) is 0. The monoisotopic (exact) mass is 221 g/mol. The Morgan fingerprint density at radius 3 is 1.89 bits per heavy atom. The molecule has 0 aromatic carbocycles. The zero-order valence-electron chi connectivity index (χ0n) is 4.00. The maximum absolute atomic E-state index is 5.65. The topological polar surface area (TPSA) is 0 Å². The molecule has 1 atom stereocenters. The van der Waals surface area contributed by atoms with E-state index in [1.54, 1.807) is 5.38 Å². The van der Waals surface area contributed by atoms with E-state index in [-0.39, 0.29) is 0 Å². The van der Waals surface area contributed by atoms with Gasteiger partial charge in [0, 0.05) is 0 Å². The Bertz CT molecular complexity index is 206. The second-order valence-electron chi connectivity index (χ2n) is 1.34. The number of thiophene rings is 1. The molecule has 0 aliphatic rings. The minimum absolute atomic E-state index is 0.372. The normalized spacial score (nSPS) is 12.2. The molecule has 0 aliphatic carbocycles. The van der Waals surface area contributed by atoms with E-state index in [1.165, 1.54) is 0 Å². The van der Waals surface area contributed by atoms with Crippen molar-refractivity contribution in [1.29, 1.82) is 0 Å². The van der Waals surface area contributed by atoms with Crippen molar-refractivity contribution in [3.8, 4) is 0 Å². The summed E-state index contributed by atoms with van der Waals surface area (Å²) >= 11 is 16.7. The van der Waals surface area contributed by atoms with Crippen LogP contribution in [0.1, 0.15) is 0 Å². The smallest absolute Gasteiger partial charge is 0.0771 e. The summed E-state index contributed by atoms with van der Waals surface area (Å²) in [7, 11) is 5.06. The van der Waals surface area contributed by atoms with E-state index < -0.39 is 9.68 Å². The molecule has 50 valence electrons. The highest BCUT2D eigenvalue weighted by Crippen LogP contribution is 2.45. The van der Waals surface area contributed by atoms with E-state index in [0.29, 0.717) is 14.4 Å². The largest absolute Gasteiger partial charge is 0.281 e. The lowest BCUT2D eigenvalue weighted by Gasteiger charge is -1.73. The lowest BCUT2D eigenvalue weighted by Crippen LogP contribution is -1.51. The van der Waals surface area contributed by atoms with Crippen molar-refractivity contribution in [2.75, 3.05) is 0 Å². The van der Waals surface area contributed by atoms with Crippen molar-refractivity contribution in [1.82, 2.24) is 0 Å². The Labute approximate surface area is 74.8 Å². The molecule has 0 nitrogen and oxygen atoms in total. The molecule has 1 rings (SSSR count). The van der Waals surface area contributed by atoms with Crippen LogP contribution < -0.4 is 0 Å². The maximum Gasteiger partial charge on any atom is 0.281 e. The summed E-state index contributed by atoms with van der Waals surface area (Å²) in [5.41, 5.74) is 0. The third kappa shape index (κ3) is 1.47. The molecule has 9 heavy (non-hydrogen) atoms. The van der Waals surface area contributed by atoms with Crippen molar-refractivity contribution < 1.29 is 0 Å². The summed E-state index contributed by atoms with van der Waals surface area (Å²) in [6.45, 7) is 0. The molecule has 0 amide bonds. The molecular formula is C4HCl4S+. The zero-order valence-corrected chi connectivity index (χ0v) is 7.84. The van der Waals surface area contributed by atoms with Gasteiger partial charge in [0.05, 0.1) is 0 Å². The minimum atomic E-state index is -0.586. The lowest BCUT2D eigenvalue weighted by molar-refractivity contribution is 1.99. The Kier molecular flexibility index (Phi) is 2.52. The molecule has 0 bridgehead atoms. The van der Waals surface area contributed by atoms with E-state index >= 15 is 0 Å². The molecule has 1 unspecified atom stereocenters. The average Bonchev–Trinajstić information content (AvgIpc) is 1.98. The second kappa shape index (κ2) is 2.85. The predicted molar refractivity (Wildman–Crippen MR) is 45.2 cm³/mol. The van der Waals surface area contributed by atoms with Crippen LogP contribution in [-0.4, -0.2) is 0 Å². The van der Waals surface area contributed by atoms with Gasteiger partial charge in [-0.1, -0.05) is 23.2 Å². The fourth-order valence-electron chi connectivity index (χ4n) is 0.374. The van der Waals surface area contributed by atoms with Crippen LogP contribution in [0.3, 0.4) is 0 Å². The van der Waals surface area contributed by atoms with Crippen LogP contribution in [0.15, 0.2) is 5.38 Å². The molecular weight excluding hydrogens is 222 g/mol. The summed E-state index contributed by atoms with van der Waals surface area (Å²) in [5.74, 6) is 0. The van der Waals surface area contributed by atoms with Gasteiger partial charge in [-0.2, -0.15) is 0 Å². The van der Waals surface area contributed by atoms with E-state index in [0.717, 1.165) is 0 Å². The number of rotatable bonds is 0. The van der Waals surface area contributed by atoms with Crippen LogP contribution in [0.4, 0.5) is 0 Å². The maximum atomic E-state index is 5.65. The van der Waals surface area contributed by atoms with Gasteiger partial charge in [0.25, 0.3) is 4.34 Å². The molecule has 1 heterocycles. The summed E-state index contributed by atoms with van der Waals surface area (Å²) in [5, 5.41) is 2.44. The van der Waals surface area contributed by atoms with Gasteiger partial charge < -0.3 is 0 Å². The number of hydrogen-bond donors (Lipinski definition) is 0. The van der Waals surface area contributed by atoms with Crippen LogP contribution in [0.25, 0.3) is 0 Å². The number of halogens is 4. The Morgan fingerprint density at radius 2 is 1.78 bits per heavy atom. The second-order valence-corrected chi connectivity index (χ2v) is 4.93. The fraction of sp³-hybridized carbons (Fsp3) is 0. The fourth-order valence-corrected chi connectivity index (χ4v) is 2.88. The molecule has 0 aliphatic heterocycles. The summed E-state index contributed by atoms with van der Waals surface area (Å²) in [6, 6.07) is 0. The third-order valence-electron chi connectivity index (χ3n) is 0.760. The first-order chi connectivity index (χ1) is 4.13. The molecule has 1 aromatic rings. The van der Waals surface area contributed by atoms with E-state index in [9.17, 15) is 0 Å². The van der Waals surface area contributed by atoms with Gasteiger partial charge in [-0.25, -0.2) is 0 Å². The molecule has 5 heteroatoms. The zero-order chi connectivity index (χ0) is 7.02. The van der Waals surface area contributed by atoms with E-state index in [1.807, 2.05) is 0 Å². The molecule has 0 saturated heterocycles. The van der Waals surface area contributed by atoms with Crippen LogP contribution in [-0.2, 0) is 0 Å². The molecule has 1 aromatic heterocycles. The molecule has 0 fully saturated rings. The van der Waals surface area contributed by atoms with Crippen molar-refractivity contribution in [2.45, 2.75) is 0 Å². The lowest BCUT2D eigenvalue weighted by atomic mass is 10.7. The summed E-state index contributed by atoms with van der Waals surface area (Å²) in [4.78, 5) is 0. The van der Waals surface area contributed by atoms with Gasteiger partial charge in [-0.05, 0) is 11.6 Å². The Morgan fingerprint density at radius 1 is 1.22 bits per heavy atom. The van der Waals surface area contributed by atoms with Crippen molar-refractivity contribution in [3.05, 3.63) is 19.8 Å². The van der Waals surface area contributed by atoms with Crippen molar-refractivity contribution >= 4 is 55.2 Å². The van der Waals surface area contributed by atoms with Crippen molar-refractivity contribution in [3.63, 3.8) is 0 Å². The van der Waals surface area contributed by atoms with Gasteiger partial charge >= 0.3 is 0 Å². The minimum Gasteiger partial charge on any atom is -0.0771 e. The molecule has 0 radical (unpaired) electrons. The van der Waals surface area contributed by atoms with Crippen LogP contribution in [0, 0.1) is 0 Å². The third-order valence-corrected chi connectivity index (χ3v) is 4.53. The van der Waals surface area contributed by atoms with Crippen LogP contribution in [0.5, 0.6) is 0 Å². The Balaban J connectivity index is 3.29. The van der Waals surface area contributed by atoms with Crippen LogP contribution >= 0.6 is 55.2 Å². The number of hydrogen-bond acceptors (Lipinski definition) is 0. The van der Waals surface area contributed by atoms with E-state index in [4.69, 9.17) is 45.5 Å².